The average molecular weight is 456 g/mol. The van der Waals surface area contributed by atoms with Gasteiger partial charge in [-0.15, -0.1) is 0 Å². The number of nitrogens with zero attached hydrogens (tertiary/aromatic N) is 1. The Morgan fingerprint density at radius 3 is 2.00 bits per heavy atom. The van der Waals surface area contributed by atoms with E-state index in [0.717, 1.165) is 24.3 Å². The number of urea groups is 1. The number of hydrogen-bond acceptors (Lipinski definition) is 3. The Labute approximate surface area is 177 Å². The number of benzene rings is 2. The van der Waals surface area contributed by atoms with Crippen molar-refractivity contribution in [2.45, 2.75) is 54.1 Å². The minimum absolute atomic E-state index is 0.0564. The molecule has 10 heteroatoms. The van der Waals surface area contributed by atoms with Crippen LogP contribution in [0.25, 0.3) is 0 Å². The van der Waals surface area contributed by atoms with Crippen molar-refractivity contribution in [3.8, 4) is 0 Å². The van der Waals surface area contributed by atoms with Crippen LogP contribution in [0.1, 0.15) is 31.2 Å². The van der Waals surface area contributed by atoms with Gasteiger partial charge in [0.25, 0.3) is 0 Å². The molecular formula is C21H20F4N2O3S. The molecule has 0 aliphatic carbocycles. The lowest BCUT2D eigenvalue weighted by Gasteiger charge is -2.38. The highest BCUT2D eigenvalue weighted by molar-refractivity contribution is 7.92. The van der Waals surface area contributed by atoms with E-state index in [4.69, 9.17) is 0 Å². The fourth-order valence-corrected chi connectivity index (χ4v) is 6.31. The Balaban J connectivity index is 1.46. The Hall–Kier alpha value is -2.62. The lowest BCUT2D eigenvalue weighted by molar-refractivity contribution is -0.137. The maximum atomic E-state index is 13.1. The molecule has 0 aromatic heterocycles. The first-order chi connectivity index (χ1) is 14.6. The van der Waals surface area contributed by atoms with Gasteiger partial charge < -0.3 is 10.2 Å². The van der Waals surface area contributed by atoms with Crippen LogP contribution in [-0.4, -0.2) is 36.7 Å². The molecule has 2 aromatic carbocycles. The van der Waals surface area contributed by atoms with E-state index in [-0.39, 0.29) is 35.5 Å². The molecular weight excluding hydrogens is 436 g/mol. The van der Waals surface area contributed by atoms with E-state index in [2.05, 4.69) is 5.32 Å². The third kappa shape index (κ3) is 4.26. The van der Waals surface area contributed by atoms with Gasteiger partial charge in [0, 0.05) is 17.8 Å². The lowest BCUT2D eigenvalue weighted by atomic mass is 10.0. The highest BCUT2D eigenvalue weighted by Crippen LogP contribution is 2.40. The first-order valence-corrected chi connectivity index (χ1v) is 11.4. The summed E-state index contributed by atoms with van der Waals surface area (Å²) in [7, 11) is -3.66. The van der Waals surface area contributed by atoms with Gasteiger partial charge in [-0.1, -0.05) is 0 Å². The fourth-order valence-electron chi connectivity index (χ4n) is 4.46. The van der Waals surface area contributed by atoms with Crippen LogP contribution in [0.15, 0.2) is 53.4 Å². The minimum Gasteiger partial charge on any atom is -0.318 e. The number of rotatable bonds is 3. The molecule has 0 spiro atoms. The van der Waals surface area contributed by atoms with Crippen LogP contribution >= 0.6 is 0 Å². The summed E-state index contributed by atoms with van der Waals surface area (Å²) in [5, 5.41) is 1.94. The van der Waals surface area contributed by atoms with Crippen molar-refractivity contribution in [2.75, 3.05) is 5.32 Å². The fraction of sp³-hybridized carbons (Fsp3) is 0.381. The van der Waals surface area contributed by atoms with E-state index in [1.54, 1.807) is 4.90 Å². The molecule has 0 saturated carbocycles. The molecule has 31 heavy (non-hydrogen) atoms. The lowest BCUT2D eigenvalue weighted by Crippen LogP contribution is -2.51. The number of alkyl halides is 3. The highest BCUT2D eigenvalue weighted by Gasteiger charge is 2.47. The predicted octanol–water partition coefficient (Wildman–Crippen LogP) is 4.85. The predicted molar refractivity (Wildman–Crippen MR) is 106 cm³/mol. The molecule has 2 amide bonds. The van der Waals surface area contributed by atoms with Gasteiger partial charge in [0.2, 0.25) is 0 Å². The number of nitrogens with one attached hydrogen (secondary N) is 1. The zero-order valence-corrected chi connectivity index (χ0v) is 17.1. The minimum atomic E-state index is -4.46. The number of halogens is 4. The maximum Gasteiger partial charge on any atom is 0.416 e. The van der Waals surface area contributed by atoms with Crippen LogP contribution in [-0.2, 0) is 16.0 Å². The Morgan fingerprint density at radius 1 is 0.935 bits per heavy atom. The molecule has 0 radical (unpaired) electrons. The summed E-state index contributed by atoms with van der Waals surface area (Å²) in [5.41, 5.74) is -0.573. The van der Waals surface area contributed by atoms with E-state index in [0.29, 0.717) is 12.8 Å². The highest BCUT2D eigenvalue weighted by atomic mass is 32.2. The van der Waals surface area contributed by atoms with E-state index < -0.39 is 38.7 Å². The van der Waals surface area contributed by atoms with Crippen molar-refractivity contribution in [3.63, 3.8) is 0 Å². The molecule has 5 nitrogen and oxygen atoms in total. The number of piperidine rings is 1. The maximum absolute atomic E-state index is 13.1. The number of hydrogen-bond donors (Lipinski definition) is 1. The summed E-state index contributed by atoms with van der Waals surface area (Å²) in [5.74, 6) is -0.520. The molecule has 2 atom stereocenters. The standard InChI is InChI=1S/C21H20F4N2O3S/c22-14-3-9-18(10-4-14)31(29,30)19-11-16-7-8-17(12-19)27(16)20(28)26-15-5-1-13(2-6-15)21(23,24)25/h1-6,9-10,16-17,19H,7-8,11-12H2,(H,26,28). The average Bonchev–Trinajstić information content (AvgIpc) is 2.97. The van der Waals surface area contributed by atoms with Crippen LogP contribution in [0.5, 0.6) is 0 Å². The van der Waals surface area contributed by atoms with Crippen LogP contribution in [0, 0.1) is 5.82 Å². The van der Waals surface area contributed by atoms with Crippen LogP contribution in [0.2, 0.25) is 0 Å². The second-order valence-corrected chi connectivity index (χ2v) is 10.1. The van der Waals surface area contributed by atoms with Gasteiger partial charge in [0.1, 0.15) is 5.82 Å². The van der Waals surface area contributed by atoms with E-state index in [9.17, 15) is 30.8 Å². The van der Waals surface area contributed by atoms with Gasteiger partial charge in [-0.3, -0.25) is 0 Å². The van der Waals surface area contributed by atoms with Crippen molar-refractivity contribution in [1.29, 1.82) is 0 Å². The van der Waals surface area contributed by atoms with Crippen molar-refractivity contribution < 1.29 is 30.8 Å². The quantitative estimate of drug-likeness (QED) is 0.531. The number of fused-ring (bicyclic) bond motifs is 2. The first kappa shape index (κ1) is 21.6. The third-order valence-corrected chi connectivity index (χ3v) is 8.16. The van der Waals surface area contributed by atoms with E-state index in [1.807, 2.05) is 0 Å². The molecule has 2 heterocycles. The summed E-state index contributed by atoms with van der Waals surface area (Å²) < 4.78 is 77.2. The van der Waals surface area contributed by atoms with Gasteiger partial charge in [-0.2, -0.15) is 13.2 Å². The normalized spacial score (nSPS) is 23.6. The van der Waals surface area contributed by atoms with Gasteiger partial charge >= 0.3 is 12.2 Å². The summed E-state index contributed by atoms with van der Waals surface area (Å²) in [4.78, 5) is 14.4. The monoisotopic (exact) mass is 456 g/mol. The number of sulfone groups is 1. The largest absolute Gasteiger partial charge is 0.416 e. The molecule has 2 aliphatic rings. The van der Waals surface area contributed by atoms with Crippen molar-refractivity contribution in [3.05, 3.63) is 59.9 Å². The first-order valence-electron chi connectivity index (χ1n) is 9.82. The number of amides is 2. The number of carbonyl (C=O) groups excluding carboxylic acids is 1. The van der Waals surface area contributed by atoms with Crippen molar-refractivity contribution in [1.82, 2.24) is 4.90 Å². The summed E-state index contributed by atoms with van der Waals surface area (Å²) in [6.07, 6.45) is -2.63. The van der Waals surface area contributed by atoms with E-state index in [1.165, 1.54) is 24.3 Å². The number of carbonyl (C=O) groups is 1. The van der Waals surface area contributed by atoms with Gasteiger partial charge in [0.05, 0.1) is 15.7 Å². The van der Waals surface area contributed by atoms with Crippen molar-refractivity contribution in [2.24, 2.45) is 0 Å². The zero-order valence-electron chi connectivity index (χ0n) is 16.3. The number of anilines is 1. The second-order valence-electron chi connectivity index (χ2n) is 7.89. The van der Waals surface area contributed by atoms with Crippen LogP contribution in [0.3, 0.4) is 0 Å². The van der Waals surface area contributed by atoms with E-state index >= 15 is 0 Å². The molecule has 166 valence electrons. The Kier molecular flexibility index (Phi) is 5.45. The molecule has 2 aliphatic heterocycles. The molecule has 2 saturated heterocycles. The summed E-state index contributed by atoms with van der Waals surface area (Å²) >= 11 is 0. The Morgan fingerprint density at radius 2 is 1.48 bits per heavy atom. The second kappa shape index (κ2) is 7.81. The topological polar surface area (TPSA) is 66.5 Å². The third-order valence-electron chi connectivity index (χ3n) is 5.97. The molecule has 1 N–H and O–H groups in total. The van der Waals surface area contributed by atoms with Gasteiger partial charge in [-0.05, 0) is 74.2 Å². The smallest absolute Gasteiger partial charge is 0.318 e. The molecule has 4 rings (SSSR count). The van der Waals surface area contributed by atoms with Crippen LogP contribution in [0.4, 0.5) is 28.0 Å². The SMILES string of the molecule is O=C(Nc1ccc(C(F)(F)F)cc1)N1C2CCC1CC(S(=O)(=O)c1ccc(F)cc1)C2. The van der Waals surface area contributed by atoms with Gasteiger partial charge in [0.15, 0.2) is 9.84 Å². The molecule has 2 fully saturated rings. The van der Waals surface area contributed by atoms with Gasteiger partial charge in [-0.25, -0.2) is 17.6 Å². The summed E-state index contributed by atoms with van der Waals surface area (Å²) in [6, 6.07) is 7.85. The molecule has 2 aromatic rings. The molecule has 2 unspecified atom stereocenters. The summed E-state index contributed by atoms with van der Waals surface area (Å²) in [6.45, 7) is 0. The van der Waals surface area contributed by atoms with Crippen LogP contribution < -0.4 is 5.32 Å². The molecule has 2 bridgehead atoms. The Bertz CT molecular complexity index is 1060. The zero-order chi connectivity index (χ0) is 22.4. The van der Waals surface area contributed by atoms with Crippen molar-refractivity contribution >= 4 is 21.6 Å².